The zero-order valence-corrected chi connectivity index (χ0v) is 15.2. The molecule has 0 radical (unpaired) electrons. The summed E-state index contributed by atoms with van der Waals surface area (Å²) in [5.74, 6) is 1.26. The third-order valence-corrected chi connectivity index (χ3v) is 4.19. The van der Waals surface area contributed by atoms with Crippen LogP contribution in [0.5, 0.6) is 5.75 Å². The first-order valence-corrected chi connectivity index (χ1v) is 9.35. The van der Waals surface area contributed by atoms with Gasteiger partial charge in [-0.15, -0.1) is 10.2 Å². The molecule has 0 aliphatic rings. The van der Waals surface area contributed by atoms with Gasteiger partial charge in [0.05, 0.1) is 16.8 Å². The summed E-state index contributed by atoms with van der Waals surface area (Å²) in [4.78, 5) is 6.30. The Labute approximate surface area is 144 Å². The van der Waals surface area contributed by atoms with Crippen LogP contribution in [0.25, 0.3) is 16.7 Å². The fraction of sp³-hybridized carbons (Fsp3) is 0.357. The second-order valence-corrected chi connectivity index (χ2v) is 7.47. The molecule has 3 aromatic rings. The van der Waals surface area contributed by atoms with E-state index in [1.54, 1.807) is 17.0 Å². The Morgan fingerprint density at radius 3 is 2.58 bits per heavy atom. The van der Waals surface area contributed by atoms with Gasteiger partial charge in [-0.2, -0.15) is 8.42 Å². The first-order valence-electron chi connectivity index (χ1n) is 7.16. The van der Waals surface area contributed by atoms with Crippen molar-refractivity contribution >= 4 is 44.2 Å². The van der Waals surface area contributed by atoms with Crippen molar-refractivity contribution in [1.29, 1.82) is 0 Å². The molecular weight excluding hydrogens is 354 g/mol. The van der Waals surface area contributed by atoms with E-state index < -0.39 is 10.1 Å². The molecule has 2 aromatic heterocycles. The van der Waals surface area contributed by atoms with Gasteiger partial charge < -0.3 is 9.08 Å². The van der Waals surface area contributed by atoms with Crippen LogP contribution in [0, 0.1) is 0 Å². The van der Waals surface area contributed by atoms with Gasteiger partial charge in [-0.1, -0.05) is 18.5 Å². The van der Waals surface area contributed by atoms with E-state index in [2.05, 4.69) is 15.2 Å². The third kappa shape index (κ3) is 2.73. The quantitative estimate of drug-likeness (QED) is 0.649. The number of aromatic nitrogens is 4. The van der Waals surface area contributed by atoms with Crippen LogP contribution in [0.2, 0.25) is 5.02 Å². The number of anilines is 1. The van der Waals surface area contributed by atoms with Crippen LogP contribution in [-0.2, 0) is 16.5 Å². The standard InChI is InChI=1S/C14H16ClN5O3S/c1-5-10-17-18-14-13(19(2)3)16-11-9(20(10)14)7-6-8(15)12(11)23-24(4,21)22/h6-7H,5H2,1-4H3. The van der Waals surface area contributed by atoms with Crippen molar-refractivity contribution in [2.24, 2.45) is 0 Å². The van der Waals surface area contributed by atoms with Crippen molar-refractivity contribution < 1.29 is 12.6 Å². The summed E-state index contributed by atoms with van der Waals surface area (Å²) in [6.07, 6.45) is 1.61. The molecule has 0 saturated heterocycles. The SMILES string of the molecule is CCc1nnc2c(N(C)C)nc3c(OS(C)(=O)=O)c(Cl)ccc3n12. The Kier molecular flexibility index (Phi) is 4.00. The zero-order chi connectivity index (χ0) is 17.6. The van der Waals surface area contributed by atoms with Crippen LogP contribution >= 0.6 is 11.6 Å². The second-order valence-electron chi connectivity index (χ2n) is 5.49. The lowest BCUT2D eigenvalue weighted by Gasteiger charge is -2.16. The summed E-state index contributed by atoms with van der Waals surface area (Å²) >= 11 is 6.16. The van der Waals surface area contributed by atoms with Gasteiger partial charge >= 0.3 is 10.1 Å². The maximum Gasteiger partial charge on any atom is 0.306 e. The molecule has 3 rings (SSSR count). The van der Waals surface area contributed by atoms with Crippen molar-refractivity contribution in [2.45, 2.75) is 13.3 Å². The van der Waals surface area contributed by atoms with Crippen LogP contribution in [0.15, 0.2) is 12.1 Å². The highest BCUT2D eigenvalue weighted by Crippen LogP contribution is 2.35. The van der Waals surface area contributed by atoms with E-state index in [0.29, 0.717) is 28.9 Å². The van der Waals surface area contributed by atoms with Crippen molar-refractivity contribution in [1.82, 2.24) is 19.6 Å². The summed E-state index contributed by atoms with van der Waals surface area (Å²) in [6.45, 7) is 1.96. The van der Waals surface area contributed by atoms with Gasteiger partial charge in [0, 0.05) is 20.5 Å². The maximum absolute atomic E-state index is 11.6. The summed E-state index contributed by atoms with van der Waals surface area (Å²) < 4.78 is 30.1. The fourth-order valence-corrected chi connectivity index (χ4v) is 3.16. The first-order chi connectivity index (χ1) is 11.2. The molecule has 0 aliphatic heterocycles. The minimum Gasteiger partial charge on any atom is -0.379 e. The molecule has 0 spiro atoms. The maximum atomic E-state index is 11.6. The van der Waals surface area contributed by atoms with Crippen LogP contribution in [0.4, 0.5) is 5.82 Å². The van der Waals surface area contributed by atoms with Gasteiger partial charge in [-0.3, -0.25) is 4.40 Å². The summed E-state index contributed by atoms with van der Waals surface area (Å²) in [6, 6.07) is 3.31. The van der Waals surface area contributed by atoms with Crippen molar-refractivity contribution in [3.8, 4) is 5.75 Å². The Bertz CT molecular complexity index is 1050. The number of nitrogens with zero attached hydrogens (tertiary/aromatic N) is 5. The van der Waals surface area contributed by atoms with Gasteiger partial charge in [0.25, 0.3) is 0 Å². The lowest BCUT2D eigenvalue weighted by molar-refractivity contribution is 0.495. The van der Waals surface area contributed by atoms with Crippen LogP contribution in [0.3, 0.4) is 0 Å². The summed E-state index contributed by atoms with van der Waals surface area (Å²) in [5.41, 5.74) is 1.54. The molecule has 24 heavy (non-hydrogen) atoms. The predicted molar refractivity (Wildman–Crippen MR) is 92.5 cm³/mol. The number of halogens is 1. The molecule has 2 heterocycles. The minimum absolute atomic E-state index is 0.00239. The Hall–Kier alpha value is -2.13. The molecule has 0 amide bonds. The molecule has 0 aliphatic carbocycles. The summed E-state index contributed by atoms with van der Waals surface area (Å²) in [7, 11) is -0.127. The largest absolute Gasteiger partial charge is 0.379 e. The van der Waals surface area contributed by atoms with E-state index in [1.165, 1.54) is 0 Å². The molecular formula is C14H16ClN5O3S. The molecule has 0 saturated carbocycles. The molecule has 0 bridgehead atoms. The van der Waals surface area contributed by atoms with E-state index in [1.807, 2.05) is 25.4 Å². The monoisotopic (exact) mass is 369 g/mol. The smallest absolute Gasteiger partial charge is 0.306 e. The van der Waals surface area contributed by atoms with Crippen molar-refractivity contribution in [2.75, 3.05) is 25.3 Å². The highest BCUT2D eigenvalue weighted by molar-refractivity contribution is 7.86. The zero-order valence-electron chi connectivity index (χ0n) is 13.6. The molecule has 0 fully saturated rings. The molecule has 0 unspecified atom stereocenters. The second kappa shape index (κ2) is 5.75. The van der Waals surface area contributed by atoms with Crippen molar-refractivity contribution in [3.63, 3.8) is 0 Å². The molecule has 0 N–H and O–H groups in total. The number of hydrogen-bond acceptors (Lipinski definition) is 7. The number of rotatable bonds is 4. The number of hydrogen-bond donors (Lipinski definition) is 0. The van der Waals surface area contributed by atoms with E-state index in [9.17, 15) is 8.42 Å². The Balaban J connectivity index is 2.50. The lowest BCUT2D eigenvalue weighted by Crippen LogP contribution is -2.14. The first kappa shape index (κ1) is 16.7. The van der Waals surface area contributed by atoms with Gasteiger partial charge in [-0.05, 0) is 12.1 Å². The highest BCUT2D eigenvalue weighted by Gasteiger charge is 2.21. The Morgan fingerprint density at radius 1 is 1.29 bits per heavy atom. The molecule has 8 nitrogen and oxygen atoms in total. The van der Waals surface area contributed by atoms with E-state index in [-0.39, 0.29) is 10.8 Å². The van der Waals surface area contributed by atoms with E-state index >= 15 is 0 Å². The Morgan fingerprint density at radius 2 is 2.00 bits per heavy atom. The van der Waals surface area contributed by atoms with Crippen LogP contribution in [-0.4, -0.2) is 48.4 Å². The van der Waals surface area contributed by atoms with Crippen LogP contribution < -0.4 is 9.08 Å². The normalized spacial score (nSPS) is 12.0. The van der Waals surface area contributed by atoms with E-state index in [4.69, 9.17) is 15.8 Å². The topological polar surface area (TPSA) is 89.7 Å². The number of aryl methyl sites for hydroxylation is 1. The molecule has 0 atom stereocenters. The predicted octanol–water partition coefficient (Wildman–Crippen LogP) is 1.90. The van der Waals surface area contributed by atoms with Gasteiger partial charge in [0.15, 0.2) is 11.6 Å². The molecule has 1 aromatic carbocycles. The molecule has 128 valence electrons. The fourth-order valence-electron chi connectivity index (χ4n) is 2.45. The van der Waals surface area contributed by atoms with E-state index in [0.717, 1.165) is 12.1 Å². The van der Waals surface area contributed by atoms with Gasteiger partial charge in [-0.25, -0.2) is 4.98 Å². The molecule has 10 heteroatoms. The van der Waals surface area contributed by atoms with Gasteiger partial charge in [0.2, 0.25) is 5.65 Å². The number of fused-ring (bicyclic) bond motifs is 3. The van der Waals surface area contributed by atoms with Gasteiger partial charge in [0.1, 0.15) is 11.3 Å². The third-order valence-electron chi connectivity index (χ3n) is 3.43. The number of benzene rings is 1. The highest BCUT2D eigenvalue weighted by atomic mass is 35.5. The van der Waals surface area contributed by atoms with Crippen molar-refractivity contribution in [3.05, 3.63) is 23.0 Å². The lowest BCUT2D eigenvalue weighted by atomic mass is 10.2. The average Bonchev–Trinajstić information content (AvgIpc) is 2.91. The average molecular weight is 370 g/mol. The summed E-state index contributed by atoms with van der Waals surface area (Å²) in [5, 5.41) is 8.55. The van der Waals surface area contributed by atoms with Crippen LogP contribution in [0.1, 0.15) is 12.7 Å². The minimum atomic E-state index is -3.76.